The van der Waals surface area contributed by atoms with Crippen LogP contribution in [-0.4, -0.2) is 37.6 Å². The van der Waals surface area contributed by atoms with Crippen molar-refractivity contribution in [2.24, 2.45) is 0 Å². The van der Waals surface area contributed by atoms with Gasteiger partial charge in [0.1, 0.15) is 0 Å². The molecule has 1 saturated heterocycles. The number of carbonyl (C=O) groups is 2. The van der Waals surface area contributed by atoms with E-state index in [-0.39, 0.29) is 24.5 Å². The van der Waals surface area contributed by atoms with Gasteiger partial charge in [-0.1, -0.05) is 17.7 Å². The molecule has 0 aliphatic carbocycles. The van der Waals surface area contributed by atoms with Crippen molar-refractivity contribution in [3.05, 3.63) is 34.9 Å². The van der Waals surface area contributed by atoms with Gasteiger partial charge >= 0.3 is 0 Å². The highest BCUT2D eigenvalue weighted by Gasteiger charge is 2.16. The molecule has 5 nitrogen and oxygen atoms in total. The number of nitrogens with one attached hydrogen (secondary N) is 2. The van der Waals surface area contributed by atoms with E-state index in [1.807, 2.05) is 0 Å². The van der Waals surface area contributed by atoms with Gasteiger partial charge in [-0.25, -0.2) is 0 Å². The average Bonchev–Trinajstić information content (AvgIpc) is 2.95. The molecule has 0 spiro atoms. The number of hydrogen-bond donors (Lipinski definition) is 2. The highest BCUT2D eigenvalue weighted by Crippen LogP contribution is 2.11. The summed E-state index contributed by atoms with van der Waals surface area (Å²) < 4.78 is 5.39. The number of hydrogen-bond acceptors (Lipinski definition) is 3. The fourth-order valence-corrected chi connectivity index (χ4v) is 2.18. The quantitative estimate of drug-likeness (QED) is 0.862. The number of amides is 2. The first-order chi connectivity index (χ1) is 9.65. The Hall–Kier alpha value is -1.59. The van der Waals surface area contributed by atoms with E-state index in [9.17, 15) is 9.59 Å². The van der Waals surface area contributed by atoms with Gasteiger partial charge in [0, 0.05) is 23.7 Å². The Kier molecular flexibility index (Phi) is 5.38. The minimum atomic E-state index is -0.320. The van der Waals surface area contributed by atoms with E-state index in [1.54, 1.807) is 24.3 Å². The standard InChI is InChI=1S/C14H17ClN2O3/c15-11-4-1-3-10(7-11)14(19)17-9-13(18)16-8-12-5-2-6-20-12/h1,3-4,7,12H,2,5-6,8-9H2,(H,16,18)(H,17,19). The smallest absolute Gasteiger partial charge is 0.251 e. The van der Waals surface area contributed by atoms with Crippen LogP contribution in [0.2, 0.25) is 5.02 Å². The lowest BCUT2D eigenvalue weighted by atomic mass is 10.2. The first kappa shape index (κ1) is 14.8. The summed E-state index contributed by atoms with van der Waals surface area (Å²) in [5, 5.41) is 5.78. The first-order valence-electron chi connectivity index (χ1n) is 6.57. The van der Waals surface area contributed by atoms with Crippen LogP contribution < -0.4 is 10.6 Å². The molecule has 2 amide bonds. The molecular weight excluding hydrogens is 280 g/mol. The minimum Gasteiger partial charge on any atom is -0.376 e. The summed E-state index contributed by atoms with van der Waals surface area (Å²) in [6, 6.07) is 6.58. The minimum absolute atomic E-state index is 0.0575. The Morgan fingerprint density at radius 2 is 2.20 bits per heavy atom. The Morgan fingerprint density at radius 1 is 1.35 bits per heavy atom. The van der Waals surface area contributed by atoms with E-state index in [4.69, 9.17) is 16.3 Å². The third kappa shape index (κ3) is 4.51. The molecule has 0 radical (unpaired) electrons. The van der Waals surface area contributed by atoms with Crippen molar-refractivity contribution in [3.8, 4) is 0 Å². The van der Waals surface area contributed by atoms with Crippen molar-refractivity contribution in [1.29, 1.82) is 0 Å². The van der Waals surface area contributed by atoms with Gasteiger partial charge < -0.3 is 15.4 Å². The Labute approximate surface area is 122 Å². The normalized spacial score (nSPS) is 17.8. The van der Waals surface area contributed by atoms with E-state index in [0.717, 1.165) is 19.4 Å². The van der Waals surface area contributed by atoms with Crippen molar-refractivity contribution in [3.63, 3.8) is 0 Å². The van der Waals surface area contributed by atoms with Gasteiger partial charge in [0.05, 0.1) is 12.6 Å². The molecule has 1 atom stereocenters. The molecule has 108 valence electrons. The molecule has 1 unspecified atom stereocenters. The van der Waals surface area contributed by atoms with Crippen LogP contribution in [0, 0.1) is 0 Å². The van der Waals surface area contributed by atoms with Crippen molar-refractivity contribution >= 4 is 23.4 Å². The molecule has 1 fully saturated rings. The van der Waals surface area contributed by atoms with Crippen LogP contribution in [0.1, 0.15) is 23.2 Å². The Morgan fingerprint density at radius 3 is 2.90 bits per heavy atom. The summed E-state index contributed by atoms with van der Waals surface area (Å²) in [7, 11) is 0. The predicted molar refractivity (Wildman–Crippen MR) is 75.8 cm³/mol. The van der Waals surface area contributed by atoms with Gasteiger partial charge in [-0.05, 0) is 31.0 Å². The molecule has 0 aromatic heterocycles. The van der Waals surface area contributed by atoms with E-state index in [2.05, 4.69) is 10.6 Å². The van der Waals surface area contributed by atoms with Gasteiger partial charge in [0.15, 0.2) is 0 Å². The maximum atomic E-state index is 11.8. The number of halogens is 1. The van der Waals surface area contributed by atoms with Crippen LogP contribution in [0.25, 0.3) is 0 Å². The van der Waals surface area contributed by atoms with Crippen molar-refractivity contribution in [2.45, 2.75) is 18.9 Å². The van der Waals surface area contributed by atoms with Gasteiger partial charge in [0.25, 0.3) is 5.91 Å². The van der Waals surface area contributed by atoms with Crippen molar-refractivity contribution in [2.75, 3.05) is 19.7 Å². The van der Waals surface area contributed by atoms with E-state index < -0.39 is 0 Å². The summed E-state index contributed by atoms with van der Waals surface area (Å²) in [6.07, 6.45) is 2.10. The number of carbonyl (C=O) groups excluding carboxylic acids is 2. The molecule has 1 aromatic rings. The molecule has 1 aliphatic rings. The topological polar surface area (TPSA) is 67.4 Å². The third-order valence-corrected chi connectivity index (χ3v) is 3.28. The van der Waals surface area contributed by atoms with Gasteiger partial charge in [-0.3, -0.25) is 9.59 Å². The Balaban J connectivity index is 1.71. The number of ether oxygens (including phenoxy) is 1. The van der Waals surface area contributed by atoms with E-state index in [0.29, 0.717) is 17.1 Å². The molecule has 1 aliphatic heterocycles. The van der Waals surface area contributed by atoms with Gasteiger partial charge in [-0.2, -0.15) is 0 Å². The zero-order chi connectivity index (χ0) is 14.4. The number of benzene rings is 1. The predicted octanol–water partition coefficient (Wildman–Crippen LogP) is 1.37. The van der Waals surface area contributed by atoms with Crippen LogP contribution in [0.4, 0.5) is 0 Å². The summed E-state index contributed by atoms with van der Waals surface area (Å²) in [4.78, 5) is 23.4. The SMILES string of the molecule is O=C(CNC(=O)c1cccc(Cl)c1)NCC1CCCO1. The van der Waals surface area contributed by atoms with Crippen molar-refractivity contribution < 1.29 is 14.3 Å². The molecule has 1 heterocycles. The summed E-state index contributed by atoms with van der Waals surface area (Å²) in [6.45, 7) is 1.19. The molecule has 0 bridgehead atoms. The zero-order valence-electron chi connectivity index (χ0n) is 11.0. The fourth-order valence-electron chi connectivity index (χ4n) is 1.99. The van der Waals surface area contributed by atoms with Crippen molar-refractivity contribution in [1.82, 2.24) is 10.6 Å². The average molecular weight is 297 g/mol. The van der Waals surface area contributed by atoms with Crippen LogP contribution >= 0.6 is 11.6 Å². The third-order valence-electron chi connectivity index (χ3n) is 3.05. The second kappa shape index (κ2) is 7.26. The first-order valence-corrected chi connectivity index (χ1v) is 6.95. The highest BCUT2D eigenvalue weighted by atomic mass is 35.5. The molecular formula is C14H17ClN2O3. The lowest BCUT2D eigenvalue weighted by molar-refractivity contribution is -0.120. The van der Waals surface area contributed by atoms with Crippen LogP contribution in [0.15, 0.2) is 24.3 Å². The van der Waals surface area contributed by atoms with Crippen LogP contribution in [0.5, 0.6) is 0 Å². The molecule has 2 N–H and O–H groups in total. The summed E-state index contributed by atoms with van der Waals surface area (Å²) in [5.41, 5.74) is 0.435. The molecule has 20 heavy (non-hydrogen) atoms. The van der Waals surface area contributed by atoms with Gasteiger partial charge in [-0.15, -0.1) is 0 Å². The molecule has 1 aromatic carbocycles. The largest absolute Gasteiger partial charge is 0.376 e. The van der Waals surface area contributed by atoms with E-state index in [1.165, 1.54) is 0 Å². The van der Waals surface area contributed by atoms with Crippen LogP contribution in [0.3, 0.4) is 0 Å². The number of rotatable bonds is 5. The zero-order valence-corrected chi connectivity index (χ0v) is 11.8. The van der Waals surface area contributed by atoms with E-state index >= 15 is 0 Å². The maximum Gasteiger partial charge on any atom is 0.251 e. The summed E-state index contributed by atoms with van der Waals surface area (Å²) in [5.74, 6) is -0.546. The highest BCUT2D eigenvalue weighted by molar-refractivity contribution is 6.30. The van der Waals surface area contributed by atoms with Crippen LogP contribution in [-0.2, 0) is 9.53 Å². The second-order valence-electron chi connectivity index (χ2n) is 4.63. The lowest BCUT2D eigenvalue weighted by Gasteiger charge is -2.11. The second-order valence-corrected chi connectivity index (χ2v) is 5.07. The Bertz CT molecular complexity index is 487. The maximum absolute atomic E-state index is 11.8. The molecule has 0 saturated carbocycles. The lowest BCUT2D eigenvalue weighted by Crippen LogP contribution is -2.39. The monoisotopic (exact) mass is 296 g/mol. The molecule has 2 rings (SSSR count). The van der Waals surface area contributed by atoms with Gasteiger partial charge in [0.2, 0.25) is 5.91 Å². The molecule has 6 heteroatoms. The summed E-state index contributed by atoms with van der Waals surface area (Å²) >= 11 is 5.80. The fraction of sp³-hybridized carbons (Fsp3) is 0.429.